The summed E-state index contributed by atoms with van der Waals surface area (Å²) in [6, 6.07) is -0.0613. The van der Waals surface area contributed by atoms with E-state index in [1.54, 1.807) is 6.20 Å². The van der Waals surface area contributed by atoms with E-state index in [1.807, 2.05) is 17.3 Å². The van der Waals surface area contributed by atoms with Gasteiger partial charge in [-0.05, 0) is 25.8 Å². The van der Waals surface area contributed by atoms with Crippen molar-refractivity contribution >= 4 is 22.4 Å². The van der Waals surface area contributed by atoms with Gasteiger partial charge >= 0.3 is 0 Å². The predicted molar refractivity (Wildman–Crippen MR) is 65.7 cm³/mol. The molecule has 88 valence electrons. The van der Waals surface area contributed by atoms with Gasteiger partial charge in [0, 0.05) is 18.1 Å². The van der Waals surface area contributed by atoms with Crippen molar-refractivity contribution in [3.63, 3.8) is 0 Å². The molecule has 4 nitrogen and oxygen atoms in total. The minimum atomic E-state index is -0.0613. The number of nitrogens with one attached hydrogen (secondary N) is 1. The molecule has 1 aromatic rings. The van der Waals surface area contributed by atoms with Gasteiger partial charge in [-0.3, -0.25) is 9.69 Å². The zero-order valence-electron chi connectivity index (χ0n) is 9.64. The van der Waals surface area contributed by atoms with E-state index in [9.17, 15) is 4.79 Å². The van der Waals surface area contributed by atoms with E-state index in [4.69, 9.17) is 0 Å². The van der Waals surface area contributed by atoms with Crippen LogP contribution in [0.3, 0.4) is 0 Å². The molecule has 0 radical (unpaired) electrons. The van der Waals surface area contributed by atoms with Gasteiger partial charge in [0.1, 0.15) is 0 Å². The van der Waals surface area contributed by atoms with Crippen molar-refractivity contribution in [3.05, 3.63) is 11.6 Å². The molecular weight excluding hydrogens is 222 g/mol. The number of hydrogen-bond donors (Lipinski definition) is 1. The molecule has 0 aromatic carbocycles. The Balaban J connectivity index is 2.23. The lowest BCUT2D eigenvalue weighted by Crippen LogP contribution is -2.44. The number of rotatable bonds is 2. The van der Waals surface area contributed by atoms with Gasteiger partial charge in [0.2, 0.25) is 5.91 Å². The van der Waals surface area contributed by atoms with Gasteiger partial charge < -0.3 is 5.32 Å². The fourth-order valence-corrected chi connectivity index (χ4v) is 2.70. The van der Waals surface area contributed by atoms with E-state index in [-0.39, 0.29) is 11.9 Å². The highest BCUT2D eigenvalue weighted by Crippen LogP contribution is 2.24. The molecule has 1 aliphatic rings. The number of carbonyl (C=O) groups is 1. The van der Waals surface area contributed by atoms with Crippen molar-refractivity contribution in [3.8, 4) is 0 Å². The van der Waals surface area contributed by atoms with Crippen molar-refractivity contribution in [1.29, 1.82) is 0 Å². The number of hydrogen-bond acceptors (Lipinski definition) is 4. The van der Waals surface area contributed by atoms with Crippen LogP contribution in [0.25, 0.3) is 0 Å². The molecule has 2 unspecified atom stereocenters. The maximum Gasteiger partial charge on any atom is 0.245 e. The van der Waals surface area contributed by atoms with Crippen LogP contribution in [-0.2, 0) is 4.79 Å². The molecule has 0 spiro atoms. The highest BCUT2D eigenvalue weighted by molar-refractivity contribution is 7.13. The minimum Gasteiger partial charge on any atom is -0.309 e. The van der Waals surface area contributed by atoms with E-state index in [0.29, 0.717) is 5.92 Å². The summed E-state index contributed by atoms with van der Waals surface area (Å²) in [5, 5.41) is 5.82. The van der Waals surface area contributed by atoms with E-state index in [2.05, 4.69) is 17.2 Å². The maximum absolute atomic E-state index is 12.3. The van der Waals surface area contributed by atoms with Crippen molar-refractivity contribution < 1.29 is 4.79 Å². The molecule has 0 aliphatic carbocycles. The lowest BCUT2D eigenvalue weighted by molar-refractivity contribution is -0.120. The molecule has 2 atom stereocenters. The van der Waals surface area contributed by atoms with Gasteiger partial charge in [-0.1, -0.05) is 6.92 Å². The van der Waals surface area contributed by atoms with Crippen LogP contribution in [-0.4, -0.2) is 30.5 Å². The van der Waals surface area contributed by atoms with Gasteiger partial charge in [0.05, 0.1) is 6.04 Å². The zero-order valence-corrected chi connectivity index (χ0v) is 10.5. The van der Waals surface area contributed by atoms with Crippen molar-refractivity contribution in [2.45, 2.75) is 25.8 Å². The molecule has 2 heterocycles. The van der Waals surface area contributed by atoms with Crippen LogP contribution in [0.15, 0.2) is 11.6 Å². The summed E-state index contributed by atoms with van der Waals surface area (Å²) in [5.41, 5.74) is 0. The van der Waals surface area contributed by atoms with Gasteiger partial charge in [-0.2, -0.15) is 0 Å². The second-order valence-electron chi connectivity index (χ2n) is 4.29. The molecule has 2 rings (SSSR count). The van der Waals surface area contributed by atoms with Crippen LogP contribution in [0.4, 0.5) is 5.13 Å². The number of amides is 1. The first-order valence-electron chi connectivity index (χ1n) is 5.60. The van der Waals surface area contributed by atoms with Crippen molar-refractivity contribution in [2.75, 3.05) is 18.5 Å². The number of anilines is 1. The summed E-state index contributed by atoms with van der Waals surface area (Å²) >= 11 is 1.52. The summed E-state index contributed by atoms with van der Waals surface area (Å²) in [7, 11) is 1.85. The molecule has 5 heteroatoms. The molecule has 1 N–H and O–H groups in total. The van der Waals surface area contributed by atoms with Gasteiger partial charge in [0.25, 0.3) is 0 Å². The SMILES string of the molecule is CNC1CCC(C)CN(c2nccs2)C1=O. The van der Waals surface area contributed by atoms with Crippen LogP contribution in [0.2, 0.25) is 0 Å². The normalized spacial score (nSPS) is 26.9. The summed E-state index contributed by atoms with van der Waals surface area (Å²) < 4.78 is 0. The van der Waals surface area contributed by atoms with Crippen LogP contribution < -0.4 is 10.2 Å². The van der Waals surface area contributed by atoms with E-state index in [0.717, 1.165) is 24.5 Å². The first-order chi connectivity index (χ1) is 7.72. The van der Waals surface area contributed by atoms with Crippen molar-refractivity contribution in [1.82, 2.24) is 10.3 Å². The molecule has 16 heavy (non-hydrogen) atoms. The Morgan fingerprint density at radius 2 is 2.38 bits per heavy atom. The summed E-state index contributed by atoms with van der Waals surface area (Å²) in [4.78, 5) is 18.3. The van der Waals surface area contributed by atoms with Crippen LogP contribution in [0, 0.1) is 5.92 Å². The van der Waals surface area contributed by atoms with Crippen LogP contribution in [0.1, 0.15) is 19.8 Å². The first kappa shape index (κ1) is 11.5. The van der Waals surface area contributed by atoms with Gasteiger partial charge in [0.15, 0.2) is 5.13 Å². The molecule has 1 fully saturated rings. The molecule has 1 amide bonds. The molecule has 1 aliphatic heterocycles. The van der Waals surface area contributed by atoms with Gasteiger partial charge in [-0.25, -0.2) is 4.98 Å². The lowest BCUT2D eigenvalue weighted by atomic mass is 10.0. The predicted octanol–water partition coefficient (Wildman–Crippen LogP) is 1.49. The summed E-state index contributed by atoms with van der Waals surface area (Å²) in [6.07, 6.45) is 3.74. The third-order valence-electron chi connectivity index (χ3n) is 3.01. The summed E-state index contributed by atoms with van der Waals surface area (Å²) in [5.74, 6) is 0.688. The fourth-order valence-electron chi connectivity index (χ4n) is 2.05. The molecule has 0 saturated carbocycles. The Kier molecular flexibility index (Phi) is 3.56. The Morgan fingerprint density at radius 1 is 1.56 bits per heavy atom. The average Bonchev–Trinajstić information content (AvgIpc) is 2.75. The topological polar surface area (TPSA) is 45.2 Å². The van der Waals surface area contributed by atoms with Crippen LogP contribution in [0.5, 0.6) is 0 Å². The second kappa shape index (κ2) is 4.93. The smallest absolute Gasteiger partial charge is 0.245 e. The number of thiazole rings is 1. The average molecular weight is 239 g/mol. The van der Waals surface area contributed by atoms with Crippen molar-refractivity contribution in [2.24, 2.45) is 5.92 Å². The largest absolute Gasteiger partial charge is 0.309 e. The minimum absolute atomic E-state index is 0.0613. The third kappa shape index (κ3) is 2.25. The molecule has 1 saturated heterocycles. The Labute approximate surface area is 99.7 Å². The van der Waals surface area contributed by atoms with Gasteiger partial charge in [-0.15, -0.1) is 11.3 Å². The number of carbonyl (C=O) groups excluding carboxylic acids is 1. The molecule has 1 aromatic heterocycles. The first-order valence-corrected chi connectivity index (χ1v) is 6.48. The highest BCUT2D eigenvalue weighted by Gasteiger charge is 2.30. The maximum atomic E-state index is 12.3. The zero-order chi connectivity index (χ0) is 11.5. The summed E-state index contributed by atoms with van der Waals surface area (Å²) in [6.45, 7) is 2.97. The molecular formula is C11H17N3OS. The van der Waals surface area contributed by atoms with E-state index in [1.165, 1.54) is 11.3 Å². The Morgan fingerprint density at radius 3 is 3.00 bits per heavy atom. The molecule has 0 bridgehead atoms. The lowest BCUT2D eigenvalue weighted by Gasteiger charge is -2.22. The number of nitrogens with zero attached hydrogens (tertiary/aromatic N) is 2. The fraction of sp³-hybridized carbons (Fsp3) is 0.636. The van der Waals surface area contributed by atoms with Crippen LogP contribution >= 0.6 is 11.3 Å². The Bertz CT molecular complexity index is 352. The van der Waals surface area contributed by atoms with E-state index >= 15 is 0 Å². The second-order valence-corrected chi connectivity index (χ2v) is 5.16. The number of aromatic nitrogens is 1. The Hall–Kier alpha value is -0.940. The quantitative estimate of drug-likeness (QED) is 0.850. The third-order valence-corrected chi connectivity index (χ3v) is 3.80. The van der Waals surface area contributed by atoms with E-state index < -0.39 is 0 Å². The monoisotopic (exact) mass is 239 g/mol. The number of likely N-dealkylation sites (N-methyl/N-ethyl adjacent to an activating group) is 1. The standard InChI is InChI=1S/C11H17N3OS/c1-8-3-4-9(12-2)10(15)14(7-8)11-13-5-6-16-11/h5-6,8-9,12H,3-4,7H2,1-2H3. The highest BCUT2D eigenvalue weighted by atomic mass is 32.1.